The number of hydrogen-bond acceptors (Lipinski definition) is 3. The molecule has 0 N–H and O–H groups in total. The normalized spacial score (nSPS) is 11.0. The first-order chi connectivity index (χ1) is 13.5. The van der Waals surface area contributed by atoms with Crippen LogP contribution in [-0.4, -0.2) is 13.3 Å². The molecule has 0 aromatic heterocycles. The van der Waals surface area contributed by atoms with E-state index in [1.165, 1.54) is 0 Å². The maximum Gasteiger partial charge on any atom is 0.175 e. The summed E-state index contributed by atoms with van der Waals surface area (Å²) >= 11 is 15.8. The summed E-state index contributed by atoms with van der Waals surface area (Å²) in [5, 5.41) is 1.32. The van der Waals surface area contributed by atoms with E-state index < -0.39 is 0 Å². The van der Waals surface area contributed by atoms with Gasteiger partial charge < -0.3 is 9.47 Å². The van der Waals surface area contributed by atoms with Gasteiger partial charge in [-0.2, -0.15) is 0 Å². The second-order valence-corrected chi connectivity index (χ2v) is 7.80. The Balaban J connectivity index is 1.84. The first-order valence-corrected chi connectivity index (χ1v) is 10.1. The van der Waals surface area contributed by atoms with Crippen molar-refractivity contribution in [1.29, 1.82) is 0 Å². The van der Waals surface area contributed by atoms with Crippen LogP contribution in [0, 0.1) is 6.92 Å². The van der Waals surface area contributed by atoms with Crippen molar-refractivity contribution >= 4 is 51.0 Å². The lowest BCUT2D eigenvalue weighted by molar-refractivity contribution is 0.282. The summed E-state index contributed by atoms with van der Waals surface area (Å²) in [5.74, 6) is 1.21. The van der Waals surface area contributed by atoms with Crippen molar-refractivity contribution in [3.63, 3.8) is 0 Å². The molecule has 0 radical (unpaired) electrons. The minimum Gasteiger partial charge on any atom is -0.493 e. The topological polar surface area (TPSA) is 30.8 Å². The van der Waals surface area contributed by atoms with Gasteiger partial charge >= 0.3 is 0 Å². The van der Waals surface area contributed by atoms with Crippen LogP contribution in [0.25, 0.3) is 0 Å². The summed E-state index contributed by atoms with van der Waals surface area (Å²) in [6.07, 6.45) is 1.77. The zero-order valence-electron chi connectivity index (χ0n) is 15.4. The molecular formula is C22H18BrCl2NO2. The van der Waals surface area contributed by atoms with Crippen LogP contribution in [0.3, 0.4) is 0 Å². The Labute approximate surface area is 183 Å². The smallest absolute Gasteiger partial charge is 0.175 e. The molecule has 0 amide bonds. The summed E-state index contributed by atoms with van der Waals surface area (Å²) < 4.78 is 12.2. The van der Waals surface area contributed by atoms with E-state index in [0.717, 1.165) is 26.9 Å². The van der Waals surface area contributed by atoms with E-state index in [1.54, 1.807) is 13.3 Å². The van der Waals surface area contributed by atoms with Gasteiger partial charge in [-0.15, -0.1) is 0 Å². The zero-order chi connectivity index (χ0) is 20.1. The molecule has 0 aliphatic rings. The molecule has 0 saturated heterocycles. The van der Waals surface area contributed by atoms with Crippen molar-refractivity contribution in [3.05, 3.63) is 85.8 Å². The molecule has 0 aliphatic heterocycles. The van der Waals surface area contributed by atoms with Gasteiger partial charge in [-0.1, -0.05) is 47.5 Å². The van der Waals surface area contributed by atoms with Gasteiger partial charge in [0.2, 0.25) is 0 Å². The number of rotatable bonds is 6. The van der Waals surface area contributed by atoms with E-state index >= 15 is 0 Å². The monoisotopic (exact) mass is 477 g/mol. The van der Waals surface area contributed by atoms with Gasteiger partial charge in [-0.3, -0.25) is 4.99 Å². The first kappa shape index (κ1) is 20.7. The molecule has 3 aromatic carbocycles. The van der Waals surface area contributed by atoms with Gasteiger partial charge in [0, 0.05) is 21.8 Å². The lowest BCUT2D eigenvalue weighted by atomic mass is 10.2. The number of hydrogen-bond donors (Lipinski definition) is 0. The van der Waals surface area contributed by atoms with E-state index in [2.05, 4.69) is 20.9 Å². The predicted octanol–water partition coefficient (Wildman–Crippen LogP) is 7.40. The van der Waals surface area contributed by atoms with Crippen molar-refractivity contribution in [1.82, 2.24) is 0 Å². The molecule has 3 nitrogen and oxygen atoms in total. The Kier molecular flexibility index (Phi) is 7.00. The zero-order valence-corrected chi connectivity index (χ0v) is 18.5. The van der Waals surface area contributed by atoms with E-state index in [1.807, 2.05) is 61.5 Å². The third kappa shape index (κ3) is 5.07. The van der Waals surface area contributed by atoms with Crippen LogP contribution in [0.15, 0.2) is 64.1 Å². The highest BCUT2D eigenvalue weighted by Crippen LogP contribution is 2.37. The van der Waals surface area contributed by atoms with Crippen molar-refractivity contribution in [3.8, 4) is 11.5 Å². The van der Waals surface area contributed by atoms with Crippen LogP contribution in [0.2, 0.25) is 10.0 Å². The lowest BCUT2D eigenvalue weighted by Crippen LogP contribution is -2.00. The molecule has 28 heavy (non-hydrogen) atoms. The number of halogens is 3. The van der Waals surface area contributed by atoms with E-state index in [0.29, 0.717) is 28.2 Å². The summed E-state index contributed by atoms with van der Waals surface area (Å²) in [5.41, 5.74) is 3.64. The highest BCUT2D eigenvalue weighted by molar-refractivity contribution is 9.10. The maximum atomic E-state index is 6.20. The van der Waals surface area contributed by atoms with Crippen LogP contribution < -0.4 is 9.47 Å². The standard InChI is InChI=1S/C22H18BrCl2NO2/c1-14-7-8-17(24)11-20(14)26-12-15-9-18(23)22(21(10-15)27-2)28-13-16-5-3-4-6-19(16)25/h3-12H,13H2,1-2H3. The quantitative estimate of drug-likeness (QED) is 0.345. The molecular weight excluding hydrogens is 461 g/mol. The molecule has 0 saturated carbocycles. The minimum atomic E-state index is 0.337. The first-order valence-electron chi connectivity index (χ1n) is 8.52. The number of benzene rings is 3. The second-order valence-electron chi connectivity index (χ2n) is 6.10. The minimum absolute atomic E-state index is 0.337. The average Bonchev–Trinajstić information content (AvgIpc) is 2.68. The lowest BCUT2D eigenvalue weighted by Gasteiger charge is -2.14. The number of methoxy groups -OCH3 is 1. The van der Waals surface area contributed by atoms with Crippen molar-refractivity contribution in [2.75, 3.05) is 7.11 Å². The van der Waals surface area contributed by atoms with Gasteiger partial charge in [0.1, 0.15) is 6.61 Å². The fraction of sp³-hybridized carbons (Fsp3) is 0.136. The molecule has 6 heteroatoms. The van der Waals surface area contributed by atoms with Gasteiger partial charge in [0.15, 0.2) is 11.5 Å². The highest BCUT2D eigenvalue weighted by Gasteiger charge is 2.12. The molecule has 0 heterocycles. The van der Waals surface area contributed by atoms with Crippen LogP contribution in [-0.2, 0) is 6.61 Å². The van der Waals surface area contributed by atoms with Crippen LogP contribution in [0.5, 0.6) is 11.5 Å². The molecule has 0 fully saturated rings. The molecule has 0 atom stereocenters. The molecule has 3 rings (SSSR count). The SMILES string of the molecule is COc1cc(C=Nc2cc(Cl)ccc2C)cc(Br)c1OCc1ccccc1Cl. The largest absolute Gasteiger partial charge is 0.493 e. The molecule has 0 bridgehead atoms. The molecule has 3 aromatic rings. The Morgan fingerprint density at radius 3 is 2.61 bits per heavy atom. The van der Waals surface area contributed by atoms with Gasteiger partial charge in [-0.05, 0) is 64.3 Å². The van der Waals surface area contributed by atoms with E-state index in [-0.39, 0.29) is 0 Å². The van der Waals surface area contributed by atoms with Crippen molar-refractivity contribution in [2.45, 2.75) is 13.5 Å². The van der Waals surface area contributed by atoms with Gasteiger partial charge in [0.05, 0.1) is 17.3 Å². The Bertz CT molecular complexity index is 1020. The van der Waals surface area contributed by atoms with Gasteiger partial charge in [0.25, 0.3) is 0 Å². The maximum absolute atomic E-state index is 6.20. The summed E-state index contributed by atoms with van der Waals surface area (Å²) in [7, 11) is 1.60. The fourth-order valence-corrected chi connectivity index (χ4v) is 3.52. The molecule has 0 unspecified atom stereocenters. The summed E-state index contributed by atoms with van der Waals surface area (Å²) in [4.78, 5) is 4.54. The molecule has 144 valence electrons. The van der Waals surface area contributed by atoms with E-state index in [4.69, 9.17) is 32.7 Å². The van der Waals surface area contributed by atoms with Crippen LogP contribution in [0.1, 0.15) is 16.7 Å². The number of ether oxygens (including phenoxy) is 2. The Hall–Kier alpha value is -2.01. The van der Waals surface area contributed by atoms with Crippen LogP contribution >= 0.6 is 39.1 Å². The Morgan fingerprint density at radius 2 is 1.86 bits per heavy atom. The van der Waals surface area contributed by atoms with Crippen molar-refractivity contribution in [2.24, 2.45) is 4.99 Å². The third-order valence-corrected chi connectivity index (χ3v) is 5.30. The molecule has 0 spiro atoms. The third-order valence-electron chi connectivity index (χ3n) is 4.11. The predicted molar refractivity (Wildman–Crippen MR) is 120 cm³/mol. The number of aryl methyl sites for hydroxylation is 1. The summed E-state index contributed by atoms with van der Waals surface area (Å²) in [6.45, 7) is 2.33. The number of aliphatic imine (C=N–C) groups is 1. The highest BCUT2D eigenvalue weighted by atomic mass is 79.9. The van der Waals surface area contributed by atoms with Gasteiger partial charge in [-0.25, -0.2) is 0 Å². The number of nitrogens with zero attached hydrogens (tertiary/aromatic N) is 1. The fourth-order valence-electron chi connectivity index (χ4n) is 2.59. The van der Waals surface area contributed by atoms with E-state index in [9.17, 15) is 0 Å². The molecule has 0 aliphatic carbocycles. The van der Waals surface area contributed by atoms with Crippen molar-refractivity contribution < 1.29 is 9.47 Å². The average molecular weight is 479 g/mol. The van der Waals surface area contributed by atoms with Crippen LogP contribution in [0.4, 0.5) is 5.69 Å². The second kappa shape index (κ2) is 9.46. The summed E-state index contributed by atoms with van der Waals surface area (Å²) in [6, 6.07) is 17.0. The Morgan fingerprint density at radius 1 is 1.07 bits per heavy atom.